The summed E-state index contributed by atoms with van der Waals surface area (Å²) in [6.07, 6.45) is 4.31. The van der Waals surface area contributed by atoms with Crippen LogP contribution in [-0.4, -0.2) is 45.7 Å². The molecule has 1 aromatic heterocycles. The number of nitrogens with zero attached hydrogens (tertiary/aromatic N) is 3. The van der Waals surface area contributed by atoms with Gasteiger partial charge in [-0.25, -0.2) is 4.79 Å². The number of methoxy groups -OCH3 is 1. The van der Waals surface area contributed by atoms with Crippen molar-refractivity contribution in [2.45, 2.75) is 64.1 Å². The molecular weight excluding hydrogens is 388 g/mol. The Morgan fingerprint density at radius 1 is 1.20 bits per heavy atom. The normalized spacial score (nSPS) is 18.2. The summed E-state index contributed by atoms with van der Waals surface area (Å²) in [4.78, 5) is 30.9. The van der Waals surface area contributed by atoms with Gasteiger partial charge in [-0.15, -0.1) is 0 Å². The fourth-order valence-corrected chi connectivity index (χ4v) is 4.04. The van der Waals surface area contributed by atoms with Crippen molar-refractivity contribution in [2.75, 3.05) is 7.11 Å². The Kier molecular flexibility index (Phi) is 5.36. The van der Waals surface area contributed by atoms with Crippen LogP contribution in [0.1, 0.15) is 51.8 Å². The van der Waals surface area contributed by atoms with Crippen LogP contribution in [-0.2, 0) is 11.3 Å². The van der Waals surface area contributed by atoms with Gasteiger partial charge in [0.05, 0.1) is 13.2 Å². The first-order valence-electron chi connectivity index (χ1n) is 10.2. The van der Waals surface area contributed by atoms with Gasteiger partial charge < -0.3 is 19.3 Å². The Labute approximate surface area is 174 Å². The molecule has 9 heteroatoms. The fourth-order valence-electron chi connectivity index (χ4n) is 4.04. The van der Waals surface area contributed by atoms with Gasteiger partial charge in [-0.3, -0.25) is 9.69 Å². The highest BCUT2D eigenvalue weighted by Crippen LogP contribution is 2.35. The molecule has 1 N–H and O–H groups in total. The second kappa shape index (κ2) is 7.97. The molecule has 9 nitrogen and oxygen atoms in total. The van der Waals surface area contributed by atoms with Gasteiger partial charge in [0, 0.05) is 5.56 Å². The van der Waals surface area contributed by atoms with Crippen molar-refractivity contribution in [3.8, 4) is 22.9 Å². The number of imide groups is 1. The Morgan fingerprint density at radius 3 is 2.67 bits per heavy atom. The molecule has 1 aliphatic carbocycles. The lowest BCUT2D eigenvalue weighted by Crippen LogP contribution is -2.48. The number of urea groups is 1. The van der Waals surface area contributed by atoms with Crippen molar-refractivity contribution in [3.63, 3.8) is 0 Å². The first-order chi connectivity index (χ1) is 14.4. The highest BCUT2D eigenvalue weighted by Gasteiger charge is 2.51. The molecule has 3 amide bonds. The van der Waals surface area contributed by atoms with Gasteiger partial charge in [0.2, 0.25) is 11.7 Å². The van der Waals surface area contributed by atoms with Gasteiger partial charge in [0.15, 0.2) is 11.5 Å². The van der Waals surface area contributed by atoms with E-state index in [1.54, 1.807) is 25.3 Å². The van der Waals surface area contributed by atoms with Gasteiger partial charge in [0.1, 0.15) is 12.1 Å². The van der Waals surface area contributed by atoms with E-state index in [0.29, 0.717) is 35.7 Å². The molecule has 0 radical (unpaired) electrons. The number of amides is 3. The van der Waals surface area contributed by atoms with Crippen molar-refractivity contribution in [3.05, 3.63) is 24.1 Å². The fraction of sp³-hybridized carbons (Fsp3) is 0.524. The van der Waals surface area contributed by atoms with E-state index in [-0.39, 0.29) is 24.4 Å². The van der Waals surface area contributed by atoms with E-state index < -0.39 is 11.6 Å². The van der Waals surface area contributed by atoms with E-state index in [1.807, 2.05) is 13.8 Å². The van der Waals surface area contributed by atoms with Gasteiger partial charge in [-0.05, 0) is 44.9 Å². The number of benzene rings is 1. The molecule has 2 heterocycles. The molecule has 4 rings (SSSR count). The van der Waals surface area contributed by atoms with Crippen LogP contribution in [0.5, 0.6) is 11.5 Å². The summed E-state index contributed by atoms with van der Waals surface area (Å²) in [6.45, 7) is 3.82. The molecule has 1 saturated carbocycles. The second-order valence-electron chi connectivity index (χ2n) is 8.01. The van der Waals surface area contributed by atoms with Crippen molar-refractivity contribution in [1.82, 2.24) is 20.4 Å². The van der Waals surface area contributed by atoms with Gasteiger partial charge in [0.25, 0.3) is 5.91 Å². The predicted molar refractivity (Wildman–Crippen MR) is 107 cm³/mol. The topological polar surface area (TPSA) is 107 Å². The lowest BCUT2D eigenvalue weighted by molar-refractivity contribution is -0.133. The minimum atomic E-state index is -0.766. The number of aromatic nitrogens is 2. The molecule has 0 bridgehead atoms. The van der Waals surface area contributed by atoms with Gasteiger partial charge >= 0.3 is 6.03 Å². The monoisotopic (exact) mass is 414 g/mol. The molecule has 1 spiro atoms. The molecule has 1 aromatic carbocycles. The van der Waals surface area contributed by atoms with E-state index in [9.17, 15) is 9.59 Å². The molecular formula is C21H26N4O5. The highest BCUT2D eigenvalue weighted by atomic mass is 16.5. The standard InChI is InChI=1S/C21H26N4O5/c1-13(2)29-15-8-7-14(11-16(15)28-3)18-22-17(30-24-18)12-25-19(26)21(23-20(25)27)9-5-4-6-10-21/h7-8,11,13H,4-6,9-10,12H2,1-3H3,(H,23,27). The van der Waals surface area contributed by atoms with Crippen molar-refractivity contribution in [2.24, 2.45) is 0 Å². The number of hydrogen-bond acceptors (Lipinski definition) is 7. The average Bonchev–Trinajstić information content (AvgIpc) is 3.28. The lowest BCUT2D eigenvalue weighted by atomic mass is 9.82. The zero-order valence-electron chi connectivity index (χ0n) is 17.4. The van der Waals surface area contributed by atoms with E-state index in [0.717, 1.165) is 19.3 Å². The summed E-state index contributed by atoms with van der Waals surface area (Å²) >= 11 is 0. The van der Waals surface area contributed by atoms with Crippen LogP contribution in [0.25, 0.3) is 11.4 Å². The molecule has 0 atom stereocenters. The summed E-state index contributed by atoms with van der Waals surface area (Å²) in [5.74, 6) is 1.52. The van der Waals surface area contributed by atoms with Crippen LogP contribution in [0.3, 0.4) is 0 Å². The number of rotatable bonds is 6. The Bertz CT molecular complexity index is 949. The number of carbonyl (C=O) groups excluding carboxylic acids is 2. The number of hydrogen-bond donors (Lipinski definition) is 1. The molecule has 2 aliphatic rings. The van der Waals surface area contributed by atoms with Crippen LogP contribution in [0, 0.1) is 0 Å². The summed E-state index contributed by atoms with van der Waals surface area (Å²) in [5, 5.41) is 6.88. The van der Waals surface area contributed by atoms with E-state index >= 15 is 0 Å². The Morgan fingerprint density at radius 2 is 1.97 bits per heavy atom. The van der Waals surface area contributed by atoms with Crippen LogP contribution in [0.2, 0.25) is 0 Å². The summed E-state index contributed by atoms with van der Waals surface area (Å²) < 4.78 is 16.4. The first kappa shape index (κ1) is 20.2. The van der Waals surface area contributed by atoms with Crippen LogP contribution < -0.4 is 14.8 Å². The maximum absolute atomic E-state index is 12.9. The third kappa shape index (κ3) is 3.71. The van der Waals surface area contributed by atoms with Gasteiger partial charge in [-0.1, -0.05) is 24.4 Å². The molecule has 160 valence electrons. The Balaban J connectivity index is 1.51. The third-order valence-electron chi connectivity index (χ3n) is 5.50. The van der Waals surface area contributed by atoms with Crippen molar-refractivity contribution in [1.29, 1.82) is 0 Å². The zero-order valence-corrected chi connectivity index (χ0v) is 17.4. The van der Waals surface area contributed by atoms with Gasteiger partial charge in [-0.2, -0.15) is 4.98 Å². The van der Waals surface area contributed by atoms with Crippen molar-refractivity contribution >= 4 is 11.9 Å². The second-order valence-corrected chi connectivity index (χ2v) is 8.01. The number of nitrogens with one attached hydrogen (secondary N) is 1. The van der Waals surface area contributed by atoms with E-state index in [4.69, 9.17) is 14.0 Å². The molecule has 1 aliphatic heterocycles. The summed E-state index contributed by atoms with van der Waals surface area (Å²) in [7, 11) is 1.56. The predicted octanol–water partition coefficient (Wildman–Crippen LogP) is 3.29. The van der Waals surface area contributed by atoms with Crippen molar-refractivity contribution < 1.29 is 23.6 Å². The quantitative estimate of drug-likeness (QED) is 0.723. The third-order valence-corrected chi connectivity index (χ3v) is 5.50. The van der Waals surface area contributed by atoms with E-state index in [1.165, 1.54) is 4.90 Å². The minimum absolute atomic E-state index is 0.0122. The molecule has 2 aromatic rings. The molecule has 2 fully saturated rings. The minimum Gasteiger partial charge on any atom is -0.493 e. The summed E-state index contributed by atoms with van der Waals surface area (Å²) in [5.41, 5.74) is -0.0865. The Hall–Kier alpha value is -3.10. The van der Waals surface area contributed by atoms with E-state index in [2.05, 4.69) is 15.5 Å². The molecule has 30 heavy (non-hydrogen) atoms. The smallest absolute Gasteiger partial charge is 0.325 e. The van der Waals surface area contributed by atoms with Crippen LogP contribution in [0.15, 0.2) is 22.7 Å². The number of ether oxygens (including phenoxy) is 2. The van der Waals surface area contributed by atoms with Crippen LogP contribution >= 0.6 is 0 Å². The highest BCUT2D eigenvalue weighted by molar-refractivity contribution is 6.06. The molecule has 0 unspecified atom stereocenters. The number of carbonyl (C=O) groups is 2. The SMILES string of the molecule is COc1cc(-c2noc(CN3C(=O)NC4(CCCCC4)C3=O)n2)ccc1OC(C)C. The first-order valence-corrected chi connectivity index (χ1v) is 10.2. The van der Waals surface area contributed by atoms with Crippen LogP contribution in [0.4, 0.5) is 4.79 Å². The summed E-state index contributed by atoms with van der Waals surface area (Å²) in [6, 6.07) is 4.95. The zero-order chi connectivity index (χ0) is 21.3. The molecule has 1 saturated heterocycles. The lowest BCUT2D eigenvalue weighted by Gasteiger charge is -2.30. The maximum atomic E-state index is 12.9. The maximum Gasteiger partial charge on any atom is 0.325 e. The largest absolute Gasteiger partial charge is 0.493 e. The average molecular weight is 414 g/mol.